The van der Waals surface area contributed by atoms with Gasteiger partial charge in [0.1, 0.15) is 10.6 Å². The average molecular weight is 485 g/mol. The molecule has 0 saturated heterocycles. The van der Waals surface area contributed by atoms with Crippen molar-refractivity contribution in [2.24, 2.45) is 10.2 Å². The zero-order chi connectivity index (χ0) is 21.4. The van der Waals surface area contributed by atoms with Gasteiger partial charge in [0.2, 0.25) is 0 Å². The predicted octanol–water partition coefficient (Wildman–Crippen LogP) is -2.43. The van der Waals surface area contributed by atoms with E-state index >= 15 is 0 Å². The van der Waals surface area contributed by atoms with E-state index < -0.39 is 30.0 Å². The maximum atomic E-state index is 11.7. The van der Waals surface area contributed by atoms with Crippen LogP contribution in [0.15, 0.2) is 68.6 Å². The first-order valence-corrected chi connectivity index (χ1v) is 10.7. The summed E-state index contributed by atoms with van der Waals surface area (Å²) in [6.07, 6.45) is 0. The van der Waals surface area contributed by atoms with Gasteiger partial charge in [-0.15, -0.1) is 0 Å². The number of hydrogen-bond acceptors (Lipinski definition) is 8. The van der Waals surface area contributed by atoms with Crippen LogP contribution in [0, 0.1) is 0 Å². The Hall–Kier alpha value is -1.06. The number of anilines is 1. The molecule has 0 bridgehead atoms. The molecule has 0 unspecified atom stereocenters. The molecule has 156 valence electrons. The van der Waals surface area contributed by atoms with Crippen LogP contribution < -0.4 is 69.6 Å². The van der Waals surface area contributed by atoms with Crippen molar-refractivity contribution in [1.29, 1.82) is 0 Å². The van der Waals surface area contributed by atoms with Gasteiger partial charge in [0, 0.05) is 11.5 Å². The van der Waals surface area contributed by atoms with Crippen molar-refractivity contribution in [3.63, 3.8) is 0 Å². The Morgan fingerprint density at radius 1 is 0.871 bits per heavy atom. The van der Waals surface area contributed by atoms with Crippen LogP contribution >= 0.6 is 0 Å². The maximum absolute atomic E-state index is 11.7. The van der Waals surface area contributed by atoms with Crippen LogP contribution in [0.4, 0.5) is 17.1 Å². The first kappa shape index (κ1) is 28.0. The van der Waals surface area contributed by atoms with Gasteiger partial charge < -0.3 is 13.3 Å². The van der Waals surface area contributed by atoms with E-state index in [2.05, 4.69) is 10.2 Å². The van der Waals surface area contributed by atoms with Gasteiger partial charge in [-0.05, 0) is 41.8 Å². The molecule has 31 heavy (non-hydrogen) atoms. The molecule has 14 heteroatoms. The molecule has 0 fully saturated rings. The topological polar surface area (TPSA) is 169 Å². The van der Waals surface area contributed by atoms with E-state index in [1.807, 2.05) is 0 Å². The number of azo groups is 1. The van der Waals surface area contributed by atoms with Crippen LogP contribution in [0.1, 0.15) is 2.85 Å². The van der Waals surface area contributed by atoms with Crippen molar-refractivity contribution in [3.05, 3.63) is 48.5 Å². The molecule has 0 aliphatic heterocycles. The molecular formula is C17H17N3Na2O7S2. The fourth-order valence-electron chi connectivity index (χ4n) is 2.59. The van der Waals surface area contributed by atoms with E-state index in [1.54, 1.807) is 18.2 Å². The van der Waals surface area contributed by atoms with Crippen LogP contribution in [0.3, 0.4) is 0 Å². The fraction of sp³-hybridized carbons (Fsp3) is 0.0588. The van der Waals surface area contributed by atoms with Gasteiger partial charge in [0.25, 0.3) is 20.2 Å². The zero-order valence-corrected chi connectivity index (χ0v) is 22.5. The molecule has 0 aliphatic rings. The van der Waals surface area contributed by atoms with E-state index in [-0.39, 0.29) is 78.4 Å². The summed E-state index contributed by atoms with van der Waals surface area (Å²) in [5, 5.41) is 8.19. The van der Waals surface area contributed by atoms with Gasteiger partial charge in [-0.1, -0.05) is 6.07 Å². The second kappa shape index (κ2) is 10.7. The number of fused-ring (bicyclic) bond motifs is 1. The van der Waals surface area contributed by atoms with Crippen LogP contribution in [0.2, 0.25) is 0 Å². The van der Waals surface area contributed by atoms with Gasteiger partial charge in [-0.25, -0.2) is 0 Å². The summed E-state index contributed by atoms with van der Waals surface area (Å²) < 4.78 is 70.0. The second-order valence-electron chi connectivity index (χ2n) is 5.90. The Balaban J connectivity index is 0. The van der Waals surface area contributed by atoms with Crippen molar-refractivity contribution >= 4 is 48.1 Å². The summed E-state index contributed by atoms with van der Waals surface area (Å²) in [5.41, 5.74) is 6.81. The predicted molar refractivity (Wildman–Crippen MR) is 107 cm³/mol. The molecule has 3 aromatic carbocycles. The minimum Gasteiger partial charge on any atom is -1.00 e. The van der Waals surface area contributed by atoms with Crippen LogP contribution in [0.5, 0.6) is 5.75 Å². The van der Waals surface area contributed by atoms with Crippen molar-refractivity contribution in [3.8, 4) is 5.75 Å². The number of methoxy groups -OCH3 is 1. The Bertz CT molecular complexity index is 1370. The van der Waals surface area contributed by atoms with Crippen molar-refractivity contribution in [2.45, 2.75) is 9.79 Å². The molecule has 0 saturated carbocycles. The number of nitrogen functional groups attached to an aromatic ring is 1. The molecule has 0 aromatic heterocycles. The monoisotopic (exact) mass is 485 g/mol. The third-order valence-corrected chi connectivity index (χ3v) is 5.67. The number of rotatable bonds is 5. The number of ether oxygens (including phenoxy) is 1. The average Bonchev–Trinajstić information content (AvgIpc) is 2.64. The Morgan fingerprint density at radius 3 is 2.00 bits per heavy atom. The van der Waals surface area contributed by atoms with Gasteiger partial charge in [0.05, 0.1) is 29.1 Å². The number of benzene rings is 3. The molecular weight excluding hydrogens is 468 g/mol. The van der Waals surface area contributed by atoms with E-state index in [0.29, 0.717) is 23.2 Å². The Labute approximate surface area is 225 Å². The fourth-order valence-corrected chi connectivity index (χ4v) is 3.94. The van der Waals surface area contributed by atoms with Crippen LogP contribution in [-0.2, 0) is 20.2 Å². The Kier molecular flexibility index (Phi) is 9.66. The minimum absolute atomic E-state index is 0. The first-order chi connectivity index (χ1) is 13.5. The normalized spacial score (nSPS) is 11.7. The second-order valence-corrected chi connectivity index (χ2v) is 8.71. The Morgan fingerprint density at radius 2 is 1.45 bits per heavy atom. The summed E-state index contributed by atoms with van der Waals surface area (Å²) >= 11 is 0. The third-order valence-electron chi connectivity index (χ3n) is 3.95. The molecule has 0 spiro atoms. The number of hydrogen-bond donors (Lipinski definition) is 3. The zero-order valence-electron chi connectivity index (χ0n) is 18.8. The van der Waals surface area contributed by atoms with Gasteiger partial charge in [0.15, 0.2) is 0 Å². The third kappa shape index (κ3) is 6.71. The van der Waals surface area contributed by atoms with Gasteiger partial charge in [-0.2, -0.15) is 27.1 Å². The molecule has 0 radical (unpaired) electrons. The molecule has 0 atom stereocenters. The summed E-state index contributed by atoms with van der Waals surface area (Å²) in [6, 6.07) is 10.6. The van der Waals surface area contributed by atoms with Crippen molar-refractivity contribution < 1.29 is 92.6 Å². The summed E-state index contributed by atoms with van der Waals surface area (Å²) in [4.78, 5) is -1.35. The summed E-state index contributed by atoms with van der Waals surface area (Å²) in [7, 11) is -8.02. The van der Waals surface area contributed by atoms with E-state index in [9.17, 15) is 25.9 Å². The molecule has 3 aromatic rings. The first-order valence-electron chi connectivity index (χ1n) is 7.87. The van der Waals surface area contributed by atoms with Crippen molar-refractivity contribution in [2.75, 3.05) is 12.8 Å². The molecule has 0 aliphatic carbocycles. The quantitative estimate of drug-likeness (QED) is 0.155. The molecule has 10 nitrogen and oxygen atoms in total. The minimum atomic E-state index is -4.79. The summed E-state index contributed by atoms with van der Waals surface area (Å²) in [5.74, 6) is 0.409. The van der Waals surface area contributed by atoms with Gasteiger partial charge in [-0.3, -0.25) is 9.11 Å². The van der Waals surface area contributed by atoms with E-state index in [1.165, 1.54) is 25.3 Å². The van der Waals surface area contributed by atoms with E-state index in [4.69, 9.17) is 10.5 Å². The molecule has 0 amide bonds. The van der Waals surface area contributed by atoms with Crippen LogP contribution in [0.25, 0.3) is 10.8 Å². The SMILES string of the molecule is COc1cc(N=Nc2ccc3cc(S(=O)(=O)O)cc(S(=O)(=O)O)c3c2)ccc1N.[H-].[H-].[Na+].[Na+]. The van der Waals surface area contributed by atoms with Gasteiger partial charge >= 0.3 is 59.1 Å². The summed E-state index contributed by atoms with van der Waals surface area (Å²) in [6.45, 7) is 0. The number of nitrogens with zero attached hydrogens (tertiary/aromatic N) is 2. The smallest absolute Gasteiger partial charge is 1.00 e. The molecule has 0 heterocycles. The van der Waals surface area contributed by atoms with E-state index in [0.717, 1.165) is 6.07 Å². The van der Waals surface area contributed by atoms with Crippen LogP contribution in [-0.4, -0.2) is 33.1 Å². The number of nitrogens with two attached hydrogens (primary N) is 1. The standard InChI is InChI=1S/C17H15N3O7S2.2Na.2H/c1-27-16-8-12(4-5-15(16)18)20-19-11-3-2-10-6-13(28(21,22)23)9-17(14(10)7-11)29(24,25)26;;;;/h2-9H,18H2,1H3,(H,21,22,23)(H,24,25,26);;;;/q;2*+1;2*-1. The largest absolute Gasteiger partial charge is 1.00 e. The van der Waals surface area contributed by atoms with Crippen molar-refractivity contribution in [1.82, 2.24) is 0 Å². The molecule has 4 N–H and O–H groups in total. The molecule has 3 rings (SSSR count). The maximum Gasteiger partial charge on any atom is 1.00 e.